The van der Waals surface area contributed by atoms with Crippen molar-refractivity contribution in [3.05, 3.63) is 103 Å². The Balaban J connectivity index is 1.41. The van der Waals surface area contributed by atoms with E-state index in [0.717, 1.165) is 47.1 Å². The molecule has 0 spiro atoms. The van der Waals surface area contributed by atoms with Crippen LogP contribution in [0.5, 0.6) is 11.5 Å². The van der Waals surface area contributed by atoms with Crippen molar-refractivity contribution >= 4 is 32.4 Å². The zero-order valence-corrected chi connectivity index (χ0v) is 20.8. The van der Waals surface area contributed by atoms with Gasteiger partial charge in [-0.1, -0.05) is 54.6 Å². The molecule has 3 fully saturated rings. The van der Waals surface area contributed by atoms with Crippen LogP contribution in [-0.4, -0.2) is 34.1 Å². The Kier molecular flexibility index (Phi) is 5.37. The molecule has 4 heteroatoms. The topological polar surface area (TPSA) is 45.6 Å². The summed E-state index contributed by atoms with van der Waals surface area (Å²) in [6.45, 7) is 6.21. The first-order valence-electron chi connectivity index (χ1n) is 13.2. The average molecular weight is 487 g/mol. The van der Waals surface area contributed by atoms with Crippen molar-refractivity contribution in [1.29, 1.82) is 0 Å². The van der Waals surface area contributed by atoms with Crippen LogP contribution in [0.2, 0.25) is 0 Å². The second-order valence-electron chi connectivity index (χ2n) is 10.5. The molecule has 4 heterocycles. The lowest BCUT2D eigenvalue weighted by Gasteiger charge is -2.51. The van der Waals surface area contributed by atoms with E-state index in [1.165, 1.54) is 22.6 Å². The van der Waals surface area contributed by atoms with Crippen molar-refractivity contribution in [3.63, 3.8) is 0 Å². The molecule has 1 N–H and O–H groups in total. The van der Waals surface area contributed by atoms with Crippen molar-refractivity contribution in [2.24, 2.45) is 11.8 Å². The summed E-state index contributed by atoms with van der Waals surface area (Å²) in [5.41, 5.74) is 1.94. The molecule has 3 aliphatic rings. The van der Waals surface area contributed by atoms with Gasteiger partial charge in [-0.15, -0.1) is 6.58 Å². The van der Waals surface area contributed by atoms with Gasteiger partial charge in [0.25, 0.3) is 0 Å². The molecule has 4 nitrogen and oxygen atoms in total. The lowest BCUT2D eigenvalue weighted by molar-refractivity contribution is -0.0352. The van der Waals surface area contributed by atoms with Gasteiger partial charge in [0.15, 0.2) is 0 Å². The van der Waals surface area contributed by atoms with Crippen LogP contribution in [0.15, 0.2) is 97.7 Å². The Morgan fingerprint density at radius 3 is 2.57 bits per heavy atom. The van der Waals surface area contributed by atoms with Crippen molar-refractivity contribution in [2.75, 3.05) is 13.1 Å². The number of ether oxygens (including phenoxy) is 1. The standard InChI is InChI=1S/C33H30N2O2/c1-2-21-20-35-16-14-22(21)17-31(35)33(28-13-15-34-30-12-11-24(36)19-29(28)30)37-32-18-23-7-3-4-8-25(23)26-9-5-6-10-27(26)32/h2-13,15,18-19,21-22,31,33,36H,1,14,16-17,20H2/t21-,22-,31-,33+/m1/s1. The van der Waals surface area contributed by atoms with Crippen molar-refractivity contribution in [3.8, 4) is 11.5 Å². The number of rotatable bonds is 5. The largest absolute Gasteiger partial charge is 0.508 e. The van der Waals surface area contributed by atoms with Gasteiger partial charge in [-0.3, -0.25) is 9.88 Å². The Hall–Kier alpha value is -3.89. The third-order valence-corrected chi connectivity index (χ3v) is 8.55. The second-order valence-corrected chi connectivity index (χ2v) is 10.5. The van der Waals surface area contributed by atoms with Crippen LogP contribution in [0.4, 0.5) is 0 Å². The number of nitrogens with zero attached hydrogens (tertiary/aromatic N) is 2. The summed E-state index contributed by atoms with van der Waals surface area (Å²) < 4.78 is 7.15. The molecule has 1 unspecified atom stereocenters. The molecule has 0 aliphatic carbocycles. The van der Waals surface area contributed by atoms with Gasteiger partial charge >= 0.3 is 0 Å². The minimum atomic E-state index is -0.203. The maximum Gasteiger partial charge on any atom is 0.140 e. The van der Waals surface area contributed by atoms with Gasteiger partial charge < -0.3 is 9.84 Å². The van der Waals surface area contributed by atoms with E-state index in [1.54, 1.807) is 6.07 Å². The van der Waals surface area contributed by atoms with Crippen LogP contribution >= 0.6 is 0 Å². The molecule has 4 aromatic carbocycles. The smallest absolute Gasteiger partial charge is 0.140 e. The van der Waals surface area contributed by atoms with E-state index in [4.69, 9.17) is 4.74 Å². The van der Waals surface area contributed by atoms with Gasteiger partial charge in [-0.05, 0) is 77.7 Å². The highest BCUT2D eigenvalue weighted by molar-refractivity contribution is 6.10. The predicted octanol–water partition coefficient (Wildman–Crippen LogP) is 7.26. The first kappa shape index (κ1) is 22.3. The highest BCUT2D eigenvalue weighted by atomic mass is 16.5. The lowest BCUT2D eigenvalue weighted by atomic mass is 9.73. The third kappa shape index (κ3) is 3.75. The van der Waals surface area contributed by atoms with E-state index in [0.29, 0.717) is 11.8 Å². The van der Waals surface area contributed by atoms with Crippen molar-refractivity contribution in [2.45, 2.75) is 25.0 Å². The monoisotopic (exact) mass is 486 g/mol. The number of piperidine rings is 3. The normalized spacial score (nSPS) is 23.9. The summed E-state index contributed by atoms with van der Waals surface area (Å²) in [5.74, 6) is 2.29. The number of aromatic nitrogens is 1. The number of phenolic OH excluding ortho intramolecular Hbond substituents is 1. The molecule has 0 amide bonds. The Morgan fingerprint density at radius 1 is 0.946 bits per heavy atom. The van der Waals surface area contributed by atoms with Gasteiger partial charge in [-0.2, -0.15) is 0 Å². The Morgan fingerprint density at radius 2 is 1.76 bits per heavy atom. The average Bonchev–Trinajstić information content (AvgIpc) is 2.96. The van der Waals surface area contributed by atoms with Crippen LogP contribution in [0.3, 0.4) is 0 Å². The van der Waals surface area contributed by atoms with Gasteiger partial charge in [0.05, 0.1) is 11.6 Å². The highest BCUT2D eigenvalue weighted by Crippen LogP contribution is 2.45. The molecular formula is C33H30N2O2. The maximum atomic E-state index is 10.4. The lowest BCUT2D eigenvalue weighted by Crippen LogP contribution is -2.55. The fourth-order valence-electron chi connectivity index (χ4n) is 6.70. The van der Waals surface area contributed by atoms with E-state index >= 15 is 0 Å². The molecule has 3 aliphatic heterocycles. The number of phenols is 1. The van der Waals surface area contributed by atoms with E-state index < -0.39 is 0 Å². The predicted molar refractivity (Wildman–Crippen MR) is 150 cm³/mol. The summed E-state index contributed by atoms with van der Waals surface area (Å²) in [4.78, 5) is 7.18. The number of hydrogen-bond acceptors (Lipinski definition) is 4. The van der Waals surface area contributed by atoms with Crippen LogP contribution in [-0.2, 0) is 0 Å². The van der Waals surface area contributed by atoms with Crippen molar-refractivity contribution in [1.82, 2.24) is 9.88 Å². The van der Waals surface area contributed by atoms with Gasteiger partial charge in [0, 0.05) is 29.1 Å². The van der Waals surface area contributed by atoms with E-state index in [9.17, 15) is 5.11 Å². The highest BCUT2D eigenvalue weighted by Gasteiger charge is 2.44. The first-order chi connectivity index (χ1) is 18.2. The molecule has 1 aromatic heterocycles. The van der Waals surface area contributed by atoms with Gasteiger partial charge in [0.1, 0.15) is 17.6 Å². The third-order valence-electron chi connectivity index (χ3n) is 8.55. The minimum absolute atomic E-state index is 0.203. The van der Waals surface area contributed by atoms with Gasteiger partial charge in [-0.25, -0.2) is 0 Å². The summed E-state index contributed by atoms with van der Waals surface area (Å²) in [6.07, 6.45) is 6.07. The fourth-order valence-corrected chi connectivity index (χ4v) is 6.70. The first-order valence-corrected chi connectivity index (χ1v) is 13.2. The Bertz CT molecular complexity index is 1640. The quantitative estimate of drug-likeness (QED) is 0.210. The number of fused-ring (bicyclic) bond motifs is 7. The Labute approximate surface area is 216 Å². The summed E-state index contributed by atoms with van der Waals surface area (Å²) >= 11 is 0. The molecule has 8 rings (SSSR count). The molecule has 2 bridgehead atoms. The van der Waals surface area contributed by atoms with E-state index in [1.807, 2.05) is 18.3 Å². The molecule has 184 valence electrons. The molecule has 37 heavy (non-hydrogen) atoms. The SMILES string of the molecule is C=C[C@@H]1CN2CC[C@@H]1C[C@@H]2[C@@H](Oc1cc2ccccc2c2ccccc12)c1ccnc2ccc(O)cc12. The van der Waals surface area contributed by atoms with Crippen molar-refractivity contribution < 1.29 is 9.84 Å². The van der Waals surface area contributed by atoms with Gasteiger partial charge in [0.2, 0.25) is 0 Å². The fraction of sp³-hybridized carbons (Fsp3) is 0.242. The molecule has 3 saturated heterocycles. The number of pyridine rings is 1. The summed E-state index contributed by atoms with van der Waals surface area (Å²) in [7, 11) is 0. The van der Waals surface area contributed by atoms with E-state index in [-0.39, 0.29) is 17.9 Å². The molecule has 5 aromatic rings. The minimum Gasteiger partial charge on any atom is -0.508 e. The number of aromatic hydroxyl groups is 1. The molecular weight excluding hydrogens is 456 g/mol. The zero-order chi connectivity index (χ0) is 24.9. The van der Waals surface area contributed by atoms with E-state index in [2.05, 4.69) is 83.2 Å². The maximum absolute atomic E-state index is 10.4. The molecule has 0 radical (unpaired) electrons. The van der Waals surface area contributed by atoms with Crippen LogP contribution in [0.25, 0.3) is 32.4 Å². The number of benzene rings is 4. The summed E-state index contributed by atoms with van der Waals surface area (Å²) in [5, 5.41) is 16.0. The summed E-state index contributed by atoms with van der Waals surface area (Å²) in [6, 6.07) is 26.9. The number of hydrogen-bond donors (Lipinski definition) is 1. The zero-order valence-electron chi connectivity index (χ0n) is 20.8. The molecule has 0 saturated carbocycles. The second kappa shape index (κ2) is 8.89. The van der Waals surface area contributed by atoms with Crippen LogP contribution in [0, 0.1) is 11.8 Å². The molecule has 5 atom stereocenters. The van der Waals surface area contributed by atoms with Crippen LogP contribution in [0.1, 0.15) is 24.5 Å². The van der Waals surface area contributed by atoms with Crippen LogP contribution < -0.4 is 4.74 Å².